The first kappa shape index (κ1) is 23.4. The number of aromatic nitrogens is 3. The normalized spacial score (nSPS) is 17.5. The maximum absolute atomic E-state index is 13.6. The number of methoxy groups -OCH3 is 1. The van der Waals surface area contributed by atoms with Gasteiger partial charge in [0.2, 0.25) is 0 Å². The van der Waals surface area contributed by atoms with Gasteiger partial charge in [-0.15, -0.1) is 0 Å². The third kappa shape index (κ3) is 4.14. The van der Waals surface area contributed by atoms with Crippen LogP contribution in [0.25, 0.3) is 22.5 Å². The summed E-state index contributed by atoms with van der Waals surface area (Å²) in [6, 6.07) is 4.94. The number of fused-ring (bicyclic) bond motifs is 1. The first-order chi connectivity index (χ1) is 16.1. The van der Waals surface area contributed by atoms with E-state index in [1.165, 1.54) is 17.7 Å². The first-order valence-corrected chi connectivity index (χ1v) is 10.6. The molecule has 1 aliphatic carbocycles. The van der Waals surface area contributed by atoms with E-state index in [0.717, 1.165) is 0 Å². The Morgan fingerprint density at radius 1 is 1.32 bits per heavy atom. The number of hydrogen-bond acceptors (Lipinski definition) is 6. The Morgan fingerprint density at radius 2 is 2.00 bits per heavy atom. The lowest BCUT2D eigenvalue weighted by molar-refractivity contribution is -0.0501. The van der Waals surface area contributed by atoms with E-state index in [4.69, 9.17) is 9.47 Å². The van der Waals surface area contributed by atoms with Gasteiger partial charge < -0.3 is 14.4 Å². The Labute approximate surface area is 195 Å². The van der Waals surface area contributed by atoms with Crippen LogP contribution >= 0.6 is 0 Å². The van der Waals surface area contributed by atoms with Gasteiger partial charge in [-0.1, -0.05) is 6.58 Å². The second-order valence-corrected chi connectivity index (χ2v) is 8.71. The van der Waals surface area contributed by atoms with Crippen LogP contribution in [0.3, 0.4) is 0 Å². The lowest BCUT2D eigenvalue weighted by atomic mass is 9.89. The van der Waals surface area contributed by atoms with E-state index in [1.807, 2.05) is 0 Å². The predicted octanol–water partition coefficient (Wildman–Crippen LogP) is 4.82. The highest BCUT2D eigenvalue weighted by atomic mass is 19.3. The minimum atomic E-state index is -3.09. The highest BCUT2D eigenvalue weighted by molar-refractivity contribution is 5.83. The number of halogens is 3. The number of rotatable bonds is 8. The van der Waals surface area contributed by atoms with Gasteiger partial charge in [0, 0.05) is 42.7 Å². The zero-order valence-corrected chi connectivity index (χ0v) is 19.2. The molecule has 178 valence electrons. The molecule has 3 aromatic rings. The molecule has 0 aliphatic heterocycles. The summed E-state index contributed by atoms with van der Waals surface area (Å²) >= 11 is 0. The maximum Gasteiger partial charge on any atom is 0.387 e. The molecule has 1 saturated carbocycles. The zero-order valence-electron chi connectivity index (χ0n) is 19.2. The molecule has 2 aromatic heterocycles. The van der Waals surface area contributed by atoms with Gasteiger partial charge in [0.05, 0.1) is 36.4 Å². The fourth-order valence-electron chi connectivity index (χ4n) is 3.77. The van der Waals surface area contributed by atoms with E-state index in [9.17, 15) is 18.4 Å². The third-order valence-electron chi connectivity index (χ3n) is 6.06. The lowest BCUT2D eigenvalue weighted by Gasteiger charge is -2.25. The molecule has 0 radical (unpaired) electrons. The second-order valence-electron chi connectivity index (χ2n) is 8.71. The Bertz CT molecular complexity index is 1300. The van der Waals surface area contributed by atoms with Crippen molar-refractivity contribution in [2.24, 2.45) is 0 Å². The van der Waals surface area contributed by atoms with Gasteiger partial charge >= 0.3 is 6.61 Å². The second kappa shape index (κ2) is 8.56. The molecule has 1 aliphatic rings. The Morgan fingerprint density at radius 3 is 2.59 bits per heavy atom. The van der Waals surface area contributed by atoms with Crippen LogP contribution < -0.4 is 9.47 Å². The van der Waals surface area contributed by atoms with Crippen molar-refractivity contribution in [1.29, 1.82) is 5.26 Å². The fraction of sp³-hybridized carbons (Fsp3) is 0.375. The van der Waals surface area contributed by atoms with E-state index < -0.39 is 18.2 Å². The molecule has 2 heterocycles. The molecular weight excluding hydrogens is 447 g/mol. The monoisotopic (exact) mass is 471 g/mol. The topological polar surface area (TPSA) is 75.7 Å². The van der Waals surface area contributed by atoms with Gasteiger partial charge in [0.1, 0.15) is 17.7 Å². The van der Waals surface area contributed by atoms with Crippen molar-refractivity contribution in [2.45, 2.75) is 44.5 Å². The molecule has 10 heteroatoms. The number of nitrogens with zero attached hydrogens (tertiary/aromatic N) is 5. The van der Waals surface area contributed by atoms with Gasteiger partial charge in [0.15, 0.2) is 5.65 Å². The fourth-order valence-corrected chi connectivity index (χ4v) is 3.77. The van der Waals surface area contributed by atoms with E-state index >= 15 is 0 Å². The van der Waals surface area contributed by atoms with Crippen LogP contribution in [0, 0.1) is 11.3 Å². The largest absolute Gasteiger partial charge is 0.496 e. The van der Waals surface area contributed by atoms with Gasteiger partial charge in [0.25, 0.3) is 0 Å². The summed E-state index contributed by atoms with van der Waals surface area (Å²) in [5, 5.41) is 13.7. The zero-order chi connectivity index (χ0) is 24.8. The van der Waals surface area contributed by atoms with Crippen LogP contribution in [0.5, 0.6) is 11.5 Å². The number of alkyl halides is 3. The quantitative estimate of drug-likeness (QED) is 0.469. The smallest absolute Gasteiger partial charge is 0.387 e. The van der Waals surface area contributed by atoms with Gasteiger partial charge in [-0.2, -0.15) is 19.1 Å². The molecule has 2 atom stereocenters. The molecule has 7 nitrogen and oxygen atoms in total. The van der Waals surface area contributed by atoms with Crippen molar-refractivity contribution in [3.8, 4) is 28.7 Å². The number of benzene rings is 1. The molecule has 0 bridgehead atoms. The molecular formula is C24H24F3N5O2. The minimum Gasteiger partial charge on any atom is -0.496 e. The molecule has 0 N–H and O–H groups in total. The van der Waals surface area contributed by atoms with Gasteiger partial charge in [-0.25, -0.2) is 13.9 Å². The first-order valence-electron chi connectivity index (χ1n) is 10.6. The van der Waals surface area contributed by atoms with Crippen LogP contribution in [0.15, 0.2) is 37.3 Å². The van der Waals surface area contributed by atoms with Crippen LogP contribution in [0.2, 0.25) is 0 Å². The number of nitriles is 1. The number of ether oxygens (including phenoxy) is 2. The lowest BCUT2D eigenvalue weighted by Crippen LogP contribution is -2.21. The van der Waals surface area contributed by atoms with Crippen molar-refractivity contribution in [3.63, 3.8) is 0 Å². The average molecular weight is 471 g/mol. The van der Waals surface area contributed by atoms with Crippen molar-refractivity contribution in [2.75, 3.05) is 14.2 Å². The van der Waals surface area contributed by atoms with Gasteiger partial charge in [-0.05, 0) is 31.5 Å². The summed E-state index contributed by atoms with van der Waals surface area (Å²) in [6.07, 6.45) is 4.19. The van der Waals surface area contributed by atoms with Crippen molar-refractivity contribution in [1.82, 2.24) is 19.5 Å². The Kier molecular flexibility index (Phi) is 5.89. The molecule has 0 saturated heterocycles. The van der Waals surface area contributed by atoms with Crippen LogP contribution in [0.1, 0.15) is 31.4 Å². The summed E-state index contributed by atoms with van der Waals surface area (Å²) in [4.78, 5) is 6.06. The molecule has 1 aromatic carbocycles. The third-order valence-corrected chi connectivity index (χ3v) is 6.06. The van der Waals surface area contributed by atoms with Crippen molar-refractivity contribution >= 4 is 11.3 Å². The summed E-state index contributed by atoms with van der Waals surface area (Å²) in [7, 11) is 3.06. The van der Waals surface area contributed by atoms with E-state index in [0.29, 0.717) is 34.5 Å². The maximum atomic E-state index is 13.6. The van der Waals surface area contributed by atoms with Crippen LogP contribution in [0.4, 0.5) is 13.2 Å². The van der Waals surface area contributed by atoms with Crippen molar-refractivity contribution in [3.05, 3.63) is 48.4 Å². The SMILES string of the molecule is C=C(c1c(OC)cc(-c2cnn3cc(C(C)(C)C#N)cnc23)cc1OC(F)F)N(C)C1CC1F. The van der Waals surface area contributed by atoms with E-state index in [1.54, 1.807) is 50.5 Å². The van der Waals surface area contributed by atoms with Crippen LogP contribution in [-0.2, 0) is 5.41 Å². The summed E-state index contributed by atoms with van der Waals surface area (Å²) < 4.78 is 52.1. The molecule has 0 spiro atoms. The van der Waals surface area contributed by atoms with E-state index in [-0.39, 0.29) is 23.1 Å². The molecule has 4 rings (SSSR count). The minimum absolute atomic E-state index is 0.154. The molecule has 1 fully saturated rings. The highest BCUT2D eigenvalue weighted by Gasteiger charge is 2.42. The van der Waals surface area contributed by atoms with E-state index in [2.05, 4.69) is 22.7 Å². The number of hydrogen-bond donors (Lipinski definition) is 0. The summed E-state index contributed by atoms with van der Waals surface area (Å²) in [5.41, 5.74) is 1.94. The summed E-state index contributed by atoms with van der Waals surface area (Å²) in [6.45, 7) is 4.43. The molecule has 2 unspecified atom stereocenters. The predicted molar refractivity (Wildman–Crippen MR) is 120 cm³/mol. The average Bonchev–Trinajstić information content (AvgIpc) is 3.38. The van der Waals surface area contributed by atoms with Crippen LogP contribution in [-0.4, -0.2) is 52.5 Å². The molecule has 0 amide bonds. The molecule has 34 heavy (non-hydrogen) atoms. The van der Waals surface area contributed by atoms with Crippen molar-refractivity contribution < 1.29 is 22.6 Å². The summed E-state index contributed by atoms with van der Waals surface area (Å²) in [5.74, 6) is 0.0847. The Balaban J connectivity index is 1.82. The Hall–Kier alpha value is -3.74. The van der Waals surface area contributed by atoms with Gasteiger partial charge in [-0.3, -0.25) is 0 Å². The standard InChI is InChI=1S/C24H24F3N5O2/c1-13(31(4)18-8-17(18)25)21-19(33-5)6-14(7-20(21)34-23(26)27)16-10-30-32-11-15(9-29-22(16)32)24(2,3)12-28/h6-7,9-11,17-18,23H,1,8H2,2-5H3. The highest BCUT2D eigenvalue weighted by Crippen LogP contribution is 2.44.